The summed E-state index contributed by atoms with van der Waals surface area (Å²) in [5.74, 6) is 6.12. The molecule has 0 saturated carbocycles. The number of guanidine groups is 1. The Hall–Kier alpha value is -0.850. The van der Waals surface area contributed by atoms with Crippen LogP contribution in [0.3, 0.4) is 0 Å². The Morgan fingerprint density at radius 2 is 2.39 bits per heavy atom. The molecule has 0 radical (unpaired) electrons. The van der Waals surface area contributed by atoms with Crippen LogP contribution < -0.4 is 16.6 Å². The third-order valence-corrected chi connectivity index (χ3v) is 2.88. The first-order chi connectivity index (χ1) is 8.76. The van der Waals surface area contributed by atoms with Gasteiger partial charge in [-0.1, -0.05) is 0 Å². The molecule has 1 rings (SSSR count). The van der Waals surface area contributed by atoms with E-state index in [9.17, 15) is 0 Å². The lowest BCUT2D eigenvalue weighted by Crippen LogP contribution is -2.49. The van der Waals surface area contributed by atoms with Crippen molar-refractivity contribution in [3.63, 3.8) is 0 Å². The molecule has 0 aromatic carbocycles. The molecule has 0 aliphatic carbocycles. The third-order valence-electron chi connectivity index (χ3n) is 2.88. The molecule has 106 valence electrons. The van der Waals surface area contributed by atoms with Crippen LogP contribution in [0, 0.1) is 0 Å². The smallest absolute Gasteiger partial charge is 0.205 e. The summed E-state index contributed by atoms with van der Waals surface area (Å²) in [6.07, 6.45) is 3.18. The highest BCUT2D eigenvalue weighted by Crippen LogP contribution is 2.12. The Bertz CT molecular complexity index is 248. The highest BCUT2D eigenvalue weighted by Gasteiger charge is 2.19. The van der Waals surface area contributed by atoms with E-state index in [0.717, 1.165) is 39.1 Å². The maximum Gasteiger partial charge on any atom is 0.205 e. The second kappa shape index (κ2) is 9.13. The Morgan fingerprint density at radius 3 is 3.06 bits per heavy atom. The molecule has 2 atom stereocenters. The lowest BCUT2D eigenvalue weighted by Gasteiger charge is -2.28. The first-order valence-corrected chi connectivity index (χ1v) is 6.73. The van der Waals surface area contributed by atoms with E-state index in [4.69, 9.17) is 15.3 Å². The van der Waals surface area contributed by atoms with Crippen molar-refractivity contribution in [2.75, 3.05) is 26.4 Å². The molecule has 0 amide bonds. The van der Waals surface area contributed by atoms with Crippen LogP contribution in [-0.4, -0.2) is 44.5 Å². The fourth-order valence-corrected chi connectivity index (χ4v) is 1.96. The van der Waals surface area contributed by atoms with E-state index in [0.29, 0.717) is 24.7 Å². The van der Waals surface area contributed by atoms with Gasteiger partial charge in [0.15, 0.2) is 0 Å². The summed E-state index contributed by atoms with van der Waals surface area (Å²) >= 11 is 0. The molecular formula is C12H26N4O2. The summed E-state index contributed by atoms with van der Waals surface area (Å²) in [6, 6.07) is 0.385. The van der Waals surface area contributed by atoms with Crippen molar-refractivity contribution in [1.82, 2.24) is 10.7 Å². The van der Waals surface area contributed by atoms with Crippen molar-refractivity contribution in [2.24, 2.45) is 10.8 Å². The van der Waals surface area contributed by atoms with Gasteiger partial charge in [0, 0.05) is 32.4 Å². The standard InChI is InChI=1S/C12H26N4O2/c1-3-17-7-4-6-14-12(16-13)15-11-5-8-18-10(2)9-11/h10-11H,3-9,13H2,1-2H3,(H2,14,15,16). The van der Waals surface area contributed by atoms with Gasteiger partial charge in [0.2, 0.25) is 5.96 Å². The van der Waals surface area contributed by atoms with Gasteiger partial charge in [-0.3, -0.25) is 10.4 Å². The average Bonchev–Trinajstić information content (AvgIpc) is 2.37. The monoisotopic (exact) mass is 258 g/mol. The van der Waals surface area contributed by atoms with Crippen molar-refractivity contribution >= 4 is 5.96 Å². The molecule has 18 heavy (non-hydrogen) atoms. The quantitative estimate of drug-likeness (QED) is 0.211. The van der Waals surface area contributed by atoms with E-state index >= 15 is 0 Å². The molecule has 6 nitrogen and oxygen atoms in total. The minimum Gasteiger partial charge on any atom is -0.382 e. The fraction of sp³-hybridized carbons (Fsp3) is 0.917. The minimum atomic E-state index is 0.299. The maximum absolute atomic E-state index is 5.50. The molecule has 0 aromatic heterocycles. The van der Waals surface area contributed by atoms with Gasteiger partial charge >= 0.3 is 0 Å². The molecule has 1 aliphatic heterocycles. The predicted molar refractivity (Wildman–Crippen MR) is 72.3 cm³/mol. The van der Waals surface area contributed by atoms with Gasteiger partial charge in [0.05, 0.1) is 6.10 Å². The number of ether oxygens (including phenoxy) is 2. The Morgan fingerprint density at radius 1 is 1.56 bits per heavy atom. The van der Waals surface area contributed by atoms with Crippen LogP contribution >= 0.6 is 0 Å². The second-order valence-corrected chi connectivity index (χ2v) is 4.47. The predicted octanol–water partition coefficient (Wildman–Crippen LogP) is 0.389. The Labute approximate surface area is 109 Å². The van der Waals surface area contributed by atoms with Crippen LogP contribution in [0.25, 0.3) is 0 Å². The van der Waals surface area contributed by atoms with E-state index in [1.165, 1.54) is 0 Å². The van der Waals surface area contributed by atoms with E-state index in [1.807, 2.05) is 6.92 Å². The van der Waals surface area contributed by atoms with Crippen LogP contribution in [-0.2, 0) is 9.47 Å². The largest absolute Gasteiger partial charge is 0.382 e. The van der Waals surface area contributed by atoms with E-state index < -0.39 is 0 Å². The number of nitrogens with one attached hydrogen (secondary N) is 2. The van der Waals surface area contributed by atoms with Crippen molar-refractivity contribution in [1.29, 1.82) is 0 Å². The van der Waals surface area contributed by atoms with Crippen LogP contribution in [0.1, 0.15) is 33.1 Å². The molecule has 6 heteroatoms. The second-order valence-electron chi connectivity index (χ2n) is 4.47. The molecule has 0 bridgehead atoms. The summed E-state index contributed by atoms with van der Waals surface area (Å²) in [7, 11) is 0. The number of hydrogen-bond acceptors (Lipinski definition) is 4. The van der Waals surface area contributed by atoms with Gasteiger partial charge in [0.25, 0.3) is 0 Å². The van der Waals surface area contributed by atoms with E-state index in [2.05, 4.69) is 22.7 Å². The number of nitrogens with zero attached hydrogens (tertiary/aromatic N) is 1. The van der Waals surface area contributed by atoms with Crippen LogP contribution in [0.5, 0.6) is 0 Å². The van der Waals surface area contributed by atoms with Crippen LogP contribution in [0.2, 0.25) is 0 Å². The van der Waals surface area contributed by atoms with Crippen LogP contribution in [0.15, 0.2) is 4.99 Å². The number of aliphatic imine (C=N–C) groups is 1. The summed E-state index contributed by atoms with van der Waals surface area (Å²) in [5, 5.41) is 3.32. The number of rotatable bonds is 6. The van der Waals surface area contributed by atoms with Gasteiger partial charge in [0.1, 0.15) is 0 Å². The molecule has 4 N–H and O–H groups in total. The molecule has 1 fully saturated rings. The molecule has 0 aromatic rings. The summed E-state index contributed by atoms with van der Waals surface area (Å²) in [4.78, 5) is 4.38. The normalized spacial score (nSPS) is 24.9. The zero-order chi connectivity index (χ0) is 13.2. The molecule has 1 heterocycles. The summed E-state index contributed by atoms with van der Waals surface area (Å²) in [6.45, 7) is 7.08. The molecular weight excluding hydrogens is 232 g/mol. The first-order valence-electron chi connectivity index (χ1n) is 6.73. The van der Waals surface area contributed by atoms with Crippen molar-refractivity contribution in [3.8, 4) is 0 Å². The minimum absolute atomic E-state index is 0.299. The Balaban J connectivity index is 2.24. The zero-order valence-electron chi connectivity index (χ0n) is 11.4. The summed E-state index contributed by atoms with van der Waals surface area (Å²) < 4.78 is 10.8. The van der Waals surface area contributed by atoms with Crippen molar-refractivity contribution < 1.29 is 9.47 Å². The highest BCUT2D eigenvalue weighted by molar-refractivity contribution is 5.79. The van der Waals surface area contributed by atoms with Gasteiger partial charge in [-0.2, -0.15) is 0 Å². The van der Waals surface area contributed by atoms with Crippen LogP contribution in [0.4, 0.5) is 0 Å². The van der Waals surface area contributed by atoms with E-state index in [-0.39, 0.29) is 0 Å². The highest BCUT2D eigenvalue weighted by atomic mass is 16.5. The van der Waals surface area contributed by atoms with Gasteiger partial charge in [-0.05, 0) is 33.1 Å². The van der Waals surface area contributed by atoms with Gasteiger partial charge in [-0.15, -0.1) is 0 Å². The lowest BCUT2D eigenvalue weighted by molar-refractivity contribution is 0.0165. The molecule has 1 saturated heterocycles. The Kier molecular flexibility index (Phi) is 7.71. The topological polar surface area (TPSA) is 80.9 Å². The third kappa shape index (κ3) is 6.18. The lowest BCUT2D eigenvalue weighted by atomic mass is 10.0. The molecule has 2 unspecified atom stereocenters. The average molecular weight is 258 g/mol. The number of hydrogen-bond donors (Lipinski definition) is 3. The van der Waals surface area contributed by atoms with E-state index in [1.54, 1.807) is 0 Å². The summed E-state index contributed by atoms with van der Waals surface area (Å²) in [5.41, 5.74) is 2.61. The number of nitrogens with two attached hydrogens (primary N) is 1. The number of hydrazine groups is 1. The molecule has 1 aliphatic rings. The zero-order valence-corrected chi connectivity index (χ0v) is 11.4. The first kappa shape index (κ1) is 15.2. The van der Waals surface area contributed by atoms with Gasteiger partial charge in [-0.25, -0.2) is 5.84 Å². The van der Waals surface area contributed by atoms with Gasteiger partial charge < -0.3 is 14.8 Å². The molecule has 0 spiro atoms. The van der Waals surface area contributed by atoms with Crippen molar-refractivity contribution in [3.05, 3.63) is 0 Å². The van der Waals surface area contributed by atoms with Crippen molar-refractivity contribution in [2.45, 2.75) is 45.3 Å². The maximum atomic E-state index is 5.50. The fourth-order valence-electron chi connectivity index (χ4n) is 1.96. The SMILES string of the molecule is CCOCCCN=C(NN)NC1CCOC(C)C1.